The Balaban J connectivity index is 3.14. The fraction of sp³-hybridized carbons (Fsp3) is 0.300. The molecule has 1 aromatic carbocycles. The lowest BCUT2D eigenvalue weighted by atomic mass is 9.90. The molecule has 0 saturated heterocycles. The van der Waals surface area contributed by atoms with Crippen LogP contribution in [0, 0.1) is 3.57 Å². The highest BCUT2D eigenvalue weighted by Crippen LogP contribution is 2.31. The van der Waals surface area contributed by atoms with Gasteiger partial charge in [-0.15, -0.1) is 0 Å². The van der Waals surface area contributed by atoms with E-state index >= 15 is 0 Å². The van der Waals surface area contributed by atoms with Crippen molar-refractivity contribution in [3.05, 3.63) is 32.4 Å². The van der Waals surface area contributed by atoms with Gasteiger partial charge in [-0.2, -0.15) is 0 Å². The molecular formula is C10H11ClINO2. The molecule has 0 aromatic heterocycles. The summed E-state index contributed by atoms with van der Waals surface area (Å²) in [6, 6.07) is 5.42. The number of benzene rings is 1. The summed E-state index contributed by atoms with van der Waals surface area (Å²) in [5.41, 5.74) is 5.66. The summed E-state index contributed by atoms with van der Waals surface area (Å²) < 4.78 is 0.869. The van der Waals surface area contributed by atoms with Crippen LogP contribution >= 0.6 is 34.2 Å². The smallest absolute Gasteiger partial charge is 0.305 e. The van der Waals surface area contributed by atoms with Crippen molar-refractivity contribution in [2.75, 3.05) is 0 Å². The predicted molar refractivity (Wildman–Crippen MR) is 68.0 cm³/mol. The summed E-state index contributed by atoms with van der Waals surface area (Å²) in [7, 11) is 0. The number of aliphatic carboxylic acids is 1. The van der Waals surface area contributed by atoms with Gasteiger partial charge in [0.25, 0.3) is 0 Å². The Morgan fingerprint density at radius 1 is 1.67 bits per heavy atom. The molecule has 0 fully saturated rings. The second kappa shape index (κ2) is 4.67. The number of hydrogen-bond donors (Lipinski definition) is 2. The average molecular weight is 340 g/mol. The van der Waals surface area contributed by atoms with E-state index in [2.05, 4.69) is 22.6 Å². The van der Waals surface area contributed by atoms with E-state index in [0.717, 1.165) is 3.57 Å². The largest absolute Gasteiger partial charge is 0.481 e. The summed E-state index contributed by atoms with van der Waals surface area (Å²) in [6.07, 6.45) is -0.146. The Hall–Kier alpha value is -0.330. The average Bonchev–Trinajstić information content (AvgIpc) is 2.07. The molecule has 3 nitrogen and oxygen atoms in total. The summed E-state index contributed by atoms with van der Waals surface area (Å²) >= 11 is 8.17. The van der Waals surface area contributed by atoms with Crippen molar-refractivity contribution in [3.63, 3.8) is 0 Å². The second-order valence-corrected chi connectivity index (χ2v) is 5.13. The predicted octanol–water partition coefficient (Wildman–Crippen LogP) is 2.59. The maximum absolute atomic E-state index is 10.7. The first-order chi connectivity index (χ1) is 6.84. The van der Waals surface area contributed by atoms with Gasteiger partial charge in [-0.05, 0) is 41.1 Å². The van der Waals surface area contributed by atoms with Crippen molar-refractivity contribution in [1.29, 1.82) is 0 Å². The fourth-order valence-corrected chi connectivity index (χ4v) is 2.19. The van der Waals surface area contributed by atoms with Gasteiger partial charge in [0.1, 0.15) is 0 Å². The SMILES string of the molecule is CC(N)(CC(=O)O)c1cccc(I)c1Cl. The quantitative estimate of drug-likeness (QED) is 0.832. The minimum Gasteiger partial charge on any atom is -0.481 e. The van der Waals surface area contributed by atoms with E-state index in [1.165, 1.54) is 0 Å². The third-order valence-corrected chi connectivity index (χ3v) is 3.71. The lowest BCUT2D eigenvalue weighted by molar-refractivity contribution is -0.138. The molecule has 5 heteroatoms. The van der Waals surface area contributed by atoms with Crippen LogP contribution in [-0.4, -0.2) is 11.1 Å². The molecule has 0 bridgehead atoms. The van der Waals surface area contributed by atoms with Crippen LogP contribution in [0.25, 0.3) is 0 Å². The van der Waals surface area contributed by atoms with Crippen LogP contribution < -0.4 is 5.73 Å². The lowest BCUT2D eigenvalue weighted by Crippen LogP contribution is -2.36. The summed E-state index contributed by atoms with van der Waals surface area (Å²) in [6.45, 7) is 1.67. The fourth-order valence-electron chi connectivity index (χ4n) is 1.35. The summed E-state index contributed by atoms with van der Waals surface area (Å²) in [4.78, 5) is 10.7. The van der Waals surface area contributed by atoms with Crippen LogP contribution in [0.4, 0.5) is 0 Å². The highest BCUT2D eigenvalue weighted by Gasteiger charge is 2.27. The van der Waals surface area contributed by atoms with Gasteiger partial charge >= 0.3 is 5.97 Å². The van der Waals surface area contributed by atoms with Crippen molar-refractivity contribution in [3.8, 4) is 0 Å². The van der Waals surface area contributed by atoms with E-state index in [9.17, 15) is 4.79 Å². The molecule has 1 aromatic rings. The van der Waals surface area contributed by atoms with Crippen LogP contribution in [0.2, 0.25) is 5.02 Å². The van der Waals surface area contributed by atoms with Gasteiger partial charge in [-0.3, -0.25) is 4.79 Å². The normalized spacial score (nSPS) is 14.7. The standard InChI is InChI=1S/C10H11ClINO2/c1-10(13,5-8(14)15)6-3-2-4-7(12)9(6)11/h2-4H,5,13H2,1H3,(H,14,15). The van der Waals surface area contributed by atoms with Gasteiger partial charge in [0.15, 0.2) is 0 Å². The second-order valence-electron chi connectivity index (χ2n) is 3.59. The molecule has 3 N–H and O–H groups in total. The Morgan fingerprint density at radius 3 is 2.80 bits per heavy atom. The number of carboxylic acid groups (broad SMARTS) is 1. The zero-order chi connectivity index (χ0) is 11.6. The molecule has 0 heterocycles. The lowest BCUT2D eigenvalue weighted by Gasteiger charge is -2.24. The zero-order valence-electron chi connectivity index (χ0n) is 8.13. The number of nitrogens with two attached hydrogens (primary N) is 1. The molecule has 1 unspecified atom stereocenters. The van der Waals surface area contributed by atoms with Gasteiger partial charge in [-0.1, -0.05) is 23.7 Å². The van der Waals surface area contributed by atoms with E-state index in [0.29, 0.717) is 10.6 Å². The number of rotatable bonds is 3. The van der Waals surface area contributed by atoms with Gasteiger partial charge in [0.2, 0.25) is 0 Å². The van der Waals surface area contributed by atoms with E-state index < -0.39 is 11.5 Å². The molecule has 15 heavy (non-hydrogen) atoms. The molecule has 0 saturated carbocycles. The monoisotopic (exact) mass is 339 g/mol. The number of halogens is 2. The number of carbonyl (C=O) groups is 1. The molecule has 0 amide bonds. The van der Waals surface area contributed by atoms with Crippen molar-refractivity contribution in [2.45, 2.75) is 18.9 Å². The van der Waals surface area contributed by atoms with Crippen molar-refractivity contribution in [2.24, 2.45) is 5.73 Å². The minimum absolute atomic E-state index is 0.146. The van der Waals surface area contributed by atoms with E-state index in [1.807, 2.05) is 12.1 Å². The molecule has 0 radical (unpaired) electrons. The van der Waals surface area contributed by atoms with Crippen molar-refractivity contribution < 1.29 is 9.90 Å². The van der Waals surface area contributed by atoms with E-state index in [-0.39, 0.29) is 6.42 Å². The highest BCUT2D eigenvalue weighted by atomic mass is 127. The highest BCUT2D eigenvalue weighted by molar-refractivity contribution is 14.1. The van der Waals surface area contributed by atoms with E-state index in [4.69, 9.17) is 22.4 Å². The Labute approximate surface area is 107 Å². The van der Waals surface area contributed by atoms with Crippen LogP contribution in [-0.2, 0) is 10.3 Å². The molecule has 82 valence electrons. The van der Waals surface area contributed by atoms with Crippen molar-refractivity contribution in [1.82, 2.24) is 0 Å². The maximum atomic E-state index is 10.7. The van der Waals surface area contributed by atoms with Crippen LogP contribution in [0.15, 0.2) is 18.2 Å². The van der Waals surface area contributed by atoms with Crippen LogP contribution in [0.1, 0.15) is 18.9 Å². The van der Waals surface area contributed by atoms with Crippen LogP contribution in [0.5, 0.6) is 0 Å². The van der Waals surface area contributed by atoms with Crippen LogP contribution in [0.3, 0.4) is 0 Å². The molecule has 0 aliphatic rings. The molecule has 1 rings (SSSR count). The molecule has 0 spiro atoms. The first-order valence-corrected chi connectivity index (χ1v) is 5.75. The Bertz CT molecular complexity index is 393. The summed E-state index contributed by atoms with van der Waals surface area (Å²) in [5, 5.41) is 9.28. The van der Waals surface area contributed by atoms with Crippen molar-refractivity contribution >= 4 is 40.2 Å². The third kappa shape index (κ3) is 3.06. The molecular weight excluding hydrogens is 328 g/mol. The summed E-state index contributed by atoms with van der Waals surface area (Å²) in [5.74, 6) is -0.935. The third-order valence-electron chi connectivity index (χ3n) is 2.09. The first kappa shape index (κ1) is 12.7. The topological polar surface area (TPSA) is 63.3 Å². The molecule has 0 aliphatic heterocycles. The first-order valence-electron chi connectivity index (χ1n) is 4.30. The maximum Gasteiger partial charge on any atom is 0.305 e. The molecule has 1 atom stereocenters. The van der Waals surface area contributed by atoms with Gasteiger partial charge in [0.05, 0.1) is 17.0 Å². The van der Waals surface area contributed by atoms with Gasteiger partial charge in [0, 0.05) is 3.57 Å². The number of hydrogen-bond acceptors (Lipinski definition) is 2. The molecule has 0 aliphatic carbocycles. The number of carboxylic acids is 1. The van der Waals surface area contributed by atoms with Gasteiger partial charge in [-0.25, -0.2) is 0 Å². The minimum atomic E-state index is -0.940. The zero-order valence-corrected chi connectivity index (χ0v) is 11.0. The Kier molecular flexibility index (Phi) is 3.97. The van der Waals surface area contributed by atoms with Gasteiger partial charge < -0.3 is 10.8 Å². The Morgan fingerprint density at radius 2 is 2.27 bits per heavy atom. The van der Waals surface area contributed by atoms with E-state index in [1.54, 1.807) is 13.0 Å².